The smallest absolute Gasteiger partial charge is 0.230 e. The fraction of sp³-hybridized carbons (Fsp3) is 0.250. The van der Waals surface area contributed by atoms with Gasteiger partial charge in [0, 0.05) is 4.90 Å². The Morgan fingerprint density at radius 2 is 1.93 bits per heavy atom. The number of nitrogens with one attached hydrogen (secondary N) is 1. The van der Waals surface area contributed by atoms with Gasteiger partial charge >= 0.3 is 0 Å². The third-order valence-electron chi connectivity index (χ3n) is 3.96. The van der Waals surface area contributed by atoms with Crippen LogP contribution < -0.4 is 10.1 Å². The van der Waals surface area contributed by atoms with Crippen molar-refractivity contribution in [2.75, 3.05) is 12.4 Å². The first-order valence-electron chi connectivity index (χ1n) is 8.77. The minimum Gasteiger partial charge on any atom is -0.494 e. The van der Waals surface area contributed by atoms with E-state index in [1.54, 1.807) is 17.1 Å². The van der Waals surface area contributed by atoms with Gasteiger partial charge in [-0.25, -0.2) is 4.68 Å². The largest absolute Gasteiger partial charge is 0.494 e. The lowest BCUT2D eigenvalue weighted by atomic mass is 10.1. The molecule has 1 heterocycles. The highest BCUT2D eigenvalue weighted by molar-refractivity contribution is 8.00. The molecule has 27 heavy (non-hydrogen) atoms. The van der Waals surface area contributed by atoms with E-state index in [-0.39, 0.29) is 11.9 Å². The highest BCUT2D eigenvalue weighted by Crippen LogP contribution is 2.22. The molecule has 2 aromatic carbocycles. The van der Waals surface area contributed by atoms with Crippen LogP contribution in [0.3, 0.4) is 0 Å². The van der Waals surface area contributed by atoms with E-state index in [1.165, 1.54) is 11.8 Å². The molecular weight excluding hydrogens is 360 g/mol. The lowest BCUT2D eigenvalue weighted by Gasteiger charge is -2.15. The molecule has 0 saturated carbocycles. The van der Waals surface area contributed by atoms with Gasteiger partial charge < -0.3 is 10.1 Å². The predicted molar refractivity (Wildman–Crippen MR) is 106 cm³/mol. The third kappa shape index (κ3) is 5.34. The maximum Gasteiger partial charge on any atom is 0.230 e. The molecule has 0 bridgehead atoms. The van der Waals surface area contributed by atoms with Crippen LogP contribution in [0.25, 0.3) is 5.69 Å². The molecule has 0 saturated heterocycles. The molecule has 140 valence electrons. The van der Waals surface area contributed by atoms with Crippen molar-refractivity contribution in [2.45, 2.75) is 24.8 Å². The fourth-order valence-corrected chi connectivity index (χ4v) is 3.29. The normalized spacial score (nSPS) is 11.8. The van der Waals surface area contributed by atoms with E-state index >= 15 is 0 Å². The van der Waals surface area contributed by atoms with Crippen molar-refractivity contribution in [2.24, 2.45) is 0 Å². The first-order valence-corrected chi connectivity index (χ1v) is 9.76. The zero-order chi connectivity index (χ0) is 19.1. The first kappa shape index (κ1) is 19.0. The third-order valence-corrected chi connectivity index (χ3v) is 4.97. The first-order chi connectivity index (χ1) is 13.2. The maximum absolute atomic E-state index is 12.2. The van der Waals surface area contributed by atoms with Gasteiger partial charge in [0.25, 0.3) is 0 Å². The van der Waals surface area contributed by atoms with Gasteiger partial charge in [0.2, 0.25) is 5.91 Å². The summed E-state index contributed by atoms with van der Waals surface area (Å²) in [5, 5.41) is 10.8. The van der Waals surface area contributed by atoms with Gasteiger partial charge in [-0.3, -0.25) is 4.79 Å². The Bertz CT molecular complexity index is 849. The van der Waals surface area contributed by atoms with Crippen molar-refractivity contribution < 1.29 is 9.53 Å². The summed E-state index contributed by atoms with van der Waals surface area (Å²) in [6.45, 7) is 4.58. The summed E-state index contributed by atoms with van der Waals surface area (Å²) < 4.78 is 7.12. The molecule has 0 aliphatic rings. The predicted octanol–water partition coefficient (Wildman–Crippen LogP) is 3.64. The van der Waals surface area contributed by atoms with E-state index in [0.717, 1.165) is 21.9 Å². The number of nitrogens with zero attached hydrogens (tertiary/aromatic N) is 3. The summed E-state index contributed by atoms with van der Waals surface area (Å²) in [5.41, 5.74) is 1.97. The number of amides is 1. The standard InChI is InChI=1S/C20H22N4O2S/c1-3-26-18-8-10-19(11-9-18)27-14-20(25)22-15(2)16-4-6-17(7-5-16)24-13-12-21-23-24/h4-13,15H,3,14H2,1-2H3,(H,22,25)/t15-/m1/s1. The number of benzene rings is 2. The van der Waals surface area contributed by atoms with Crippen LogP contribution in [0.4, 0.5) is 0 Å². The second kappa shape index (κ2) is 9.23. The fourth-order valence-electron chi connectivity index (χ4n) is 2.58. The van der Waals surface area contributed by atoms with Crippen LogP contribution in [0.15, 0.2) is 65.8 Å². The molecule has 1 N–H and O–H groups in total. The van der Waals surface area contributed by atoms with Gasteiger partial charge in [0.05, 0.1) is 36.5 Å². The molecule has 6 nitrogen and oxygen atoms in total. The van der Waals surface area contributed by atoms with Crippen LogP contribution in [0, 0.1) is 0 Å². The molecule has 1 atom stereocenters. The monoisotopic (exact) mass is 382 g/mol. The lowest BCUT2D eigenvalue weighted by Crippen LogP contribution is -2.28. The van der Waals surface area contributed by atoms with Gasteiger partial charge in [0.1, 0.15) is 5.75 Å². The summed E-state index contributed by atoms with van der Waals surface area (Å²) >= 11 is 1.51. The van der Waals surface area contributed by atoms with Crippen LogP contribution in [0.2, 0.25) is 0 Å². The van der Waals surface area contributed by atoms with Gasteiger partial charge in [-0.15, -0.1) is 16.9 Å². The van der Waals surface area contributed by atoms with E-state index in [0.29, 0.717) is 12.4 Å². The van der Waals surface area contributed by atoms with E-state index in [2.05, 4.69) is 15.6 Å². The van der Waals surface area contributed by atoms with Gasteiger partial charge in [-0.1, -0.05) is 17.3 Å². The molecule has 0 spiro atoms. The zero-order valence-electron chi connectivity index (χ0n) is 15.3. The number of carbonyl (C=O) groups is 1. The Kier molecular flexibility index (Phi) is 6.49. The van der Waals surface area contributed by atoms with Crippen LogP contribution in [-0.4, -0.2) is 33.3 Å². The van der Waals surface area contributed by atoms with Crippen LogP contribution in [0.5, 0.6) is 5.75 Å². The number of hydrogen-bond acceptors (Lipinski definition) is 5. The van der Waals surface area contributed by atoms with Crippen molar-refractivity contribution in [3.63, 3.8) is 0 Å². The molecule has 0 aliphatic carbocycles. The molecule has 1 aromatic heterocycles. The SMILES string of the molecule is CCOc1ccc(SCC(=O)N[C@H](C)c2ccc(-n3ccnn3)cc2)cc1. The van der Waals surface area contributed by atoms with E-state index in [4.69, 9.17) is 4.74 Å². The van der Waals surface area contributed by atoms with Gasteiger partial charge in [0.15, 0.2) is 0 Å². The topological polar surface area (TPSA) is 69.0 Å². The van der Waals surface area contributed by atoms with Crippen molar-refractivity contribution in [1.29, 1.82) is 0 Å². The number of carbonyl (C=O) groups excluding carboxylic acids is 1. The Labute approximate surface area is 162 Å². The van der Waals surface area contributed by atoms with Crippen molar-refractivity contribution in [3.8, 4) is 11.4 Å². The minimum atomic E-state index is -0.0665. The van der Waals surface area contributed by atoms with Crippen LogP contribution >= 0.6 is 11.8 Å². The molecule has 0 radical (unpaired) electrons. The molecule has 0 aliphatic heterocycles. The summed E-state index contributed by atoms with van der Waals surface area (Å²) in [6.07, 6.45) is 3.43. The average molecular weight is 382 g/mol. The van der Waals surface area contributed by atoms with Crippen molar-refractivity contribution in [3.05, 3.63) is 66.5 Å². The Morgan fingerprint density at radius 3 is 2.56 bits per heavy atom. The van der Waals surface area contributed by atoms with Crippen molar-refractivity contribution in [1.82, 2.24) is 20.3 Å². The summed E-state index contributed by atoms with van der Waals surface area (Å²) in [4.78, 5) is 13.3. The Balaban J connectivity index is 1.49. The number of thioether (sulfide) groups is 1. The summed E-state index contributed by atoms with van der Waals surface area (Å²) in [6, 6.07) is 15.6. The van der Waals surface area contributed by atoms with Crippen LogP contribution in [-0.2, 0) is 4.79 Å². The van der Waals surface area contributed by atoms with E-state index < -0.39 is 0 Å². The van der Waals surface area contributed by atoms with Crippen LogP contribution in [0.1, 0.15) is 25.5 Å². The second-order valence-electron chi connectivity index (χ2n) is 5.92. The molecule has 3 aromatic rings. The molecule has 0 fully saturated rings. The molecule has 0 unspecified atom stereocenters. The highest BCUT2D eigenvalue weighted by atomic mass is 32.2. The number of aromatic nitrogens is 3. The highest BCUT2D eigenvalue weighted by Gasteiger charge is 2.10. The van der Waals surface area contributed by atoms with Crippen molar-refractivity contribution >= 4 is 17.7 Å². The molecule has 3 rings (SSSR count). The summed E-state index contributed by atoms with van der Waals surface area (Å²) in [7, 11) is 0. The van der Waals surface area contributed by atoms with E-state index in [9.17, 15) is 4.79 Å². The van der Waals surface area contributed by atoms with Gasteiger partial charge in [-0.2, -0.15) is 0 Å². The number of hydrogen-bond donors (Lipinski definition) is 1. The maximum atomic E-state index is 12.2. The Morgan fingerprint density at radius 1 is 1.19 bits per heavy atom. The molecular formula is C20H22N4O2S. The number of ether oxygens (including phenoxy) is 1. The lowest BCUT2D eigenvalue weighted by molar-refractivity contribution is -0.119. The molecule has 1 amide bonds. The van der Waals surface area contributed by atoms with E-state index in [1.807, 2.05) is 62.4 Å². The Hall–Kier alpha value is -2.80. The zero-order valence-corrected chi connectivity index (χ0v) is 16.1. The minimum absolute atomic E-state index is 0.00161. The summed E-state index contributed by atoms with van der Waals surface area (Å²) in [5.74, 6) is 1.21. The second-order valence-corrected chi connectivity index (χ2v) is 6.97. The van der Waals surface area contributed by atoms with Gasteiger partial charge in [-0.05, 0) is 55.8 Å². The number of rotatable bonds is 8. The molecule has 7 heteroatoms. The quantitative estimate of drug-likeness (QED) is 0.603. The average Bonchev–Trinajstić information content (AvgIpc) is 3.23.